The second-order valence-electron chi connectivity index (χ2n) is 6.70. The monoisotopic (exact) mass is 401 g/mol. The van der Waals surface area contributed by atoms with Crippen LogP contribution in [0.1, 0.15) is 31.0 Å². The van der Waals surface area contributed by atoms with Crippen molar-refractivity contribution in [2.75, 3.05) is 33.2 Å². The van der Waals surface area contributed by atoms with E-state index in [0.717, 1.165) is 11.1 Å². The van der Waals surface area contributed by atoms with E-state index in [4.69, 9.17) is 11.6 Å². The Hall–Kier alpha value is -2.37. The zero-order valence-electron chi connectivity index (χ0n) is 16.7. The Bertz CT molecular complexity index is 761. The van der Waals surface area contributed by atoms with Crippen molar-refractivity contribution >= 4 is 23.4 Å². The van der Waals surface area contributed by atoms with Crippen LogP contribution in [0.15, 0.2) is 54.6 Å². The lowest BCUT2D eigenvalue weighted by Gasteiger charge is -2.24. The van der Waals surface area contributed by atoms with Crippen molar-refractivity contribution < 1.29 is 9.59 Å². The molecule has 0 aliphatic rings. The van der Waals surface area contributed by atoms with Crippen LogP contribution in [0.2, 0.25) is 5.02 Å². The lowest BCUT2D eigenvalue weighted by molar-refractivity contribution is -0.132. The molecule has 1 atom stereocenters. The van der Waals surface area contributed by atoms with Crippen LogP contribution in [0, 0.1) is 0 Å². The molecule has 2 rings (SSSR count). The average Bonchev–Trinajstić information content (AvgIpc) is 2.68. The van der Waals surface area contributed by atoms with Gasteiger partial charge in [0.05, 0.1) is 19.1 Å². The van der Waals surface area contributed by atoms with Gasteiger partial charge in [-0.15, -0.1) is 0 Å². The fourth-order valence-electron chi connectivity index (χ4n) is 3.07. The second kappa shape index (κ2) is 10.8. The second-order valence-corrected chi connectivity index (χ2v) is 7.14. The molecule has 0 saturated carbocycles. The summed E-state index contributed by atoms with van der Waals surface area (Å²) in [4.78, 5) is 28.4. The van der Waals surface area contributed by atoms with E-state index in [-0.39, 0.29) is 30.9 Å². The topological polar surface area (TPSA) is 52.7 Å². The minimum Gasteiger partial charge on any atom is -0.344 e. The summed E-state index contributed by atoms with van der Waals surface area (Å²) in [5.41, 5.74) is 1.94. The summed E-state index contributed by atoms with van der Waals surface area (Å²) < 4.78 is 0. The number of rotatable bonds is 9. The van der Waals surface area contributed by atoms with E-state index in [0.29, 0.717) is 18.1 Å². The average molecular weight is 402 g/mol. The normalized spacial score (nSPS) is 11.9. The number of halogens is 1. The molecule has 0 saturated heterocycles. The minimum atomic E-state index is -0.280. The Labute approximate surface area is 172 Å². The fraction of sp³-hybridized carbons (Fsp3) is 0.364. The molecule has 0 heterocycles. The molecule has 6 heteroatoms. The first-order valence-electron chi connectivity index (χ1n) is 9.50. The van der Waals surface area contributed by atoms with Crippen LogP contribution >= 0.6 is 11.6 Å². The number of hydrogen-bond donors (Lipinski definition) is 1. The van der Waals surface area contributed by atoms with Crippen molar-refractivity contribution in [3.05, 3.63) is 70.7 Å². The van der Waals surface area contributed by atoms with Gasteiger partial charge in [0.25, 0.3) is 0 Å². The SMILES string of the molecule is CCN(CC)C(=O)CN(C)CC(=O)N[C@@H](c1ccccc1)c1ccc(Cl)cc1. The molecule has 0 aromatic heterocycles. The van der Waals surface area contributed by atoms with Crippen LogP contribution in [-0.2, 0) is 9.59 Å². The first-order valence-corrected chi connectivity index (χ1v) is 9.88. The van der Waals surface area contributed by atoms with E-state index in [2.05, 4.69) is 5.32 Å². The van der Waals surface area contributed by atoms with E-state index in [1.807, 2.05) is 68.4 Å². The number of nitrogens with zero attached hydrogens (tertiary/aromatic N) is 2. The Morgan fingerprint density at radius 2 is 1.50 bits per heavy atom. The van der Waals surface area contributed by atoms with Gasteiger partial charge in [-0.1, -0.05) is 54.1 Å². The molecular formula is C22H28ClN3O2. The zero-order valence-corrected chi connectivity index (χ0v) is 17.4. The fourth-order valence-corrected chi connectivity index (χ4v) is 3.20. The van der Waals surface area contributed by atoms with Gasteiger partial charge in [-0.2, -0.15) is 0 Å². The Morgan fingerprint density at radius 3 is 2.07 bits per heavy atom. The van der Waals surface area contributed by atoms with Crippen molar-refractivity contribution in [2.24, 2.45) is 0 Å². The highest BCUT2D eigenvalue weighted by molar-refractivity contribution is 6.30. The number of carbonyl (C=O) groups excluding carboxylic acids is 2. The number of likely N-dealkylation sites (N-methyl/N-ethyl adjacent to an activating group) is 2. The summed E-state index contributed by atoms with van der Waals surface area (Å²) >= 11 is 6.00. The van der Waals surface area contributed by atoms with Gasteiger partial charge in [-0.25, -0.2) is 0 Å². The molecule has 5 nitrogen and oxygen atoms in total. The Kier molecular flexibility index (Phi) is 8.48. The van der Waals surface area contributed by atoms with Crippen LogP contribution in [0.4, 0.5) is 0 Å². The van der Waals surface area contributed by atoms with Gasteiger partial charge in [0.2, 0.25) is 11.8 Å². The Balaban J connectivity index is 2.06. The highest BCUT2D eigenvalue weighted by Crippen LogP contribution is 2.23. The lowest BCUT2D eigenvalue weighted by Crippen LogP contribution is -2.43. The third-order valence-electron chi connectivity index (χ3n) is 4.58. The molecular weight excluding hydrogens is 374 g/mol. The summed E-state index contributed by atoms with van der Waals surface area (Å²) in [6.07, 6.45) is 0. The van der Waals surface area contributed by atoms with E-state index in [9.17, 15) is 9.59 Å². The number of nitrogens with one attached hydrogen (secondary N) is 1. The molecule has 0 aliphatic heterocycles. The van der Waals surface area contributed by atoms with Gasteiger partial charge in [-0.3, -0.25) is 14.5 Å². The smallest absolute Gasteiger partial charge is 0.236 e. The van der Waals surface area contributed by atoms with Crippen molar-refractivity contribution in [2.45, 2.75) is 19.9 Å². The first kappa shape index (κ1) is 21.9. The lowest BCUT2D eigenvalue weighted by atomic mass is 9.98. The van der Waals surface area contributed by atoms with E-state index >= 15 is 0 Å². The predicted octanol–water partition coefficient (Wildman–Crippen LogP) is 3.35. The highest BCUT2D eigenvalue weighted by Gasteiger charge is 2.19. The van der Waals surface area contributed by atoms with Gasteiger partial charge in [0.1, 0.15) is 0 Å². The van der Waals surface area contributed by atoms with Crippen LogP contribution in [0.3, 0.4) is 0 Å². The van der Waals surface area contributed by atoms with Crippen LogP contribution in [0.5, 0.6) is 0 Å². The zero-order chi connectivity index (χ0) is 20.5. The van der Waals surface area contributed by atoms with E-state index in [1.165, 1.54) is 0 Å². The summed E-state index contributed by atoms with van der Waals surface area (Å²) in [5.74, 6) is -0.115. The number of benzene rings is 2. The van der Waals surface area contributed by atoms with Gasteiger partial charge >= 0.3 is 0 Å². The first-order chi connectivity index (χ1) is 13.4. The minimum absolute atomic E-state index is 0.0256. The number of hydrogen-bond acceptors (Lipinski definition) is 3. The molecule has 0 fully saturated rings. The standard InChI is InChI=1S/C22H28ClN3O2/c1-4-26(5-2)21(28)16-25(3)15-20(27)24-22(17-9-7-6-8-10-17)18-11-13-19(23)14-12-18/h6-14,22H,4-5,15-16H2,1-3H3,(H,24,27)/t22-/m0/s1. The largest absolute Gasteiger partial charge is 0.344 e. The van der Waals surface area contributed by atoms with Gasteiger partial charge in [-0.05, 0) is 44.2 Å². The predicted molar refractivity (Wildman–Crippen MR) is 113 cm³/mol. The molecule has 2 amide bonds. The van der Waals surface area contributed by atoms with Crippen molar-refractivity contribution in [1.82, 2.24) is 15.1 Å². The Morgan fingerprint density at radius 1 is 0.929 bits per heavy atom. The quantitative estimate of drug-likeness (QED) is 0.701. The molecule has 150 valence electrons. The molecule has 0 radical (unpaired) electrons. The maximum atomic E-state index is 12.7. The van der Waals surface area contributed by atoms with Crippen LogP contribution in [-0.4, -0.2) is 54.8 Å². The summed E-state index contributed by atoms with van der Waals surface area (Å²) in [6, 6.07) is 17.0. The third kappa shape index (κ3) is 6.36. The molecule has 0 aliphatic carbocycles. The maximum absolute atomic E-state index is 12.7. The van der Waals surface area contributed by atoms with Gasteiger partial charge in [0.15, 0.2) is 0 Å². The summed E-state index contributed by atoms with van der Waals surface area (Å²) in [7, 11) is 1.78. The third-order valence-corrected chi connectivity index (χ3v) is 4.83. The molecule has 2 aromatic carbocycles. The summed E-state index contributed by atoms with van der Waals surface area (Å²) in [5, 5.41) is 3.73. The van der Waals surface area contributed by atoms with E-state index < -0.39 is 0 Å². The van der Waals surface area contributed by atoms with Crippen LogP contribution in [0.25, 0.3) is 0 Å². The van der Waals surface area contributed by atoms with Crippen molar-refractivity contribution in [3.63, 3.8) is 0 Å². The van der Waals surface area contributed by atoms with E-state index in [1.54, 1.807) is 16.8 Å². The van der Waals surface area contributed by atoms with Crippen molar-refractivity contribution in [3.8, 4) is 0 Å². The molecule has 0 unspecified atom stereocenters. The van der Waals surface area contributed by atoms with Gasteiger partial charge in [0, 0.05) is 18.1 Å². The molecule has 0 spiro atoms. The number of amides is 2. The van der Waals surface area contributed by atoms with Gasteiger partial charge < -0.3 is 10.2 Å². The molecule has 28 heavy (non-hydrogen) atoms. The summed E-state index contributed by atoms with van der Waals surface area (Å²) in [6.45, 7) is 5.59. The van der Waals surface area contributed by atoms with Crippen LogP contribution < -0.4 is 5.32 Å². The highest BCUT2D eigenvalue weighted by atomic mass is 35.5. The maximum Gasteiger partial charge on any atom is 0.236 e. The molecule has 0 bridgehead atoms. The van der Waals surface area contributed by atoms with Crippen molar-refractivity contribution in [1.29, 1.82) is 0 Å². The molecule has 1 N–H and O–H groups in total. The number of carbonyl (C=O) groups is 2. The molecule has 2 aromatic rings.